The van der Waals surface area contributed by atoms with Crippen molar-refractivity contribution in [1.82, 2.24) is 0 Å². The van der Waals surface area contributed by atoms with E-state index in [2.05, 4.69) is 0 Å². The van der Waals surface area contributed by atoms with Gasteiger partial charge in [0.15, 0.2) is 6.29 Å². The average molecular weight is 176 g/mol. The molecule has 1 aromatic carbocycles. The molecule has 0 unspecified atom stereocenters. The van der Waals surface area contributed by atoms with E-state index >= 15 is 0 Å². The molecule has 2 nitrogen and oxygen atoms in total. The van der Waals surface area contributed by atoms with Gasteiger partial charge in [0.2, 0.25) is 0 Å². The molecule has 2 heteroatoms. The lowest BCUT2D eigenvalue weighted by molar-refractivity contribution is -0.0764. The van der Waals surface area contributed by atoms with Crippen LogP contribution in [0.5, 0.6) is 0 Å². The molecule has 2 rings (SSSR count). The highest BCUT2D eigenvalue weighted by atomic mass is 16.6. The second-order valence-electron chi connectivity index (χ2n) is 3.23. The van der Waals surface area contributed by atoms with Crippen LogP contribution in [0.4, 0.5) is 0 Å². The Labute approximate surface area is 77.5 Å². The molecular weight excluding hydrogens is 164 g/mol. The fraction of sp³-hybridized carbons (Fsp3) is 0.273. The lowest BCUT2D eigenvalue weighted by atomic mass is 10.0. The molecule has 0 radical (unpaired) electrons. The Hall–Kier alpha value is -1.12. The van der Waals surface area contributed by atoms with Crippen molar-refractivity contribution in [1.29, 1.82) is 0 Å². The van der Waals surface area contributed by atoms with Gasteiger partial charge in [-0.1, -0.05) is 30.3 Å². The third-order valence-electron chi connectivity index (χ3n) is 2.20. The van der Waals surface area contributed by atoms with Gasteiger partial charge in [-0.3, -0.25) is 0 Å². The first kappa shape index (κ1) is 8.48. The monoisotopic (exact) mass is 176 g/mol. The predicted octanol–water partition coefficient (Wildman–Crippen LogP) is 2.02. The van der Waals surface area contributed by atoms with Crippen LogP contribution in [0.25, 0.3) is 0 Å². The summed E-state index contributed by atoms with van der Waals surface area (Å²) < 4.78 is 5.32. The smallest absolute Gasteiger partial charge is 0.175 e. The molecule has 0 fully saturated rings. The van der Waals surface area contributed by atoms with Crippen molar-refractivity contribution in [3.05, 3.63) is 47.5 Å². The summed E-state index contributed by atoms with van der Waals surface area (Å²) in [6, 6.07) is 9.90. The number of aliphatic hydroxyl groups excluding tert-OH is 1. The molecule has 13 heavy (non-hydrogen) atoms. The average Bonchev–Trinajstić information content (AvgIpc) is 2.47. The summed E-state index contributed by atoms with van der Waals surface area (Å²) >= 11 is 0. The van der Waals surface area contributed by atoms with Crippen molar-refractivity contribution >= 4 is 0 Å². The number of hydrogen-bond acceptors (Lipinski definition) is 2. The number of ether oxygens (including phenoxy) is 1. The lowest BCUT2D eigenvalue weighted by Crippen LogP contribution is -2.05. The van der Waals surface area contributed by atoms with E-state index in [1.54, 1.807) is 6.08 Å². The largest absolute Gasteiger partial charge is 0.365 e. The van der Waals surface area contributed by atoms with Crippen LogP contribution in [0, 0.1) is 0 Å². The third-order valence-corrected chi connectivity index (χ3v) is 2.20. The maximum atomic E-state index is 9.23. The Balaban J connectivity index is 2.25. The van der Waals surface area contributed by atoms with Gasteiger partial charge < -0.3 is 9.84 Å². The van der Waals surface area contributed by atoms with Crippen LogP contribution in [0.3, 0.4) is 0 Å². The topological polar surface area (TPSA) is 29.5 Å². The Kier molecular flexibility index (Phi) is 2.17. The minimum absolute atomic E-state index is 0.0730. The van der Waals surface area contributed by atoms with Crippen LogP contribution in [0.2, 0.25) is 0 Å². The molecule has 0 aromatic heterocycles. The second-order valence-corrected chi connectivity index (χ2v) is 3.23. The molecular formula is C11H12O2. The van der Waals surface area contributed by atoms with Crippen LogP contribution >= 0.6 is 0 Å². The van der Waals surface area contributed by atoms with Crippen LogP contribution in [0.1, 0.15) is 18.6 Å². The van der Waals surface area contributed by atoms with E-state index in [0.717, 1.165) is 11.1 Å². The number of aliphatic hydroxyl groups is 1. The fourth-order valence-electron chi connectivity index (χ4n) is 1.57. The standard InChI is InChI=1S/C11H12O2/c1-8-7-10(12)13-11(8)9-5-3-2-4-6-9/h2-7,10-12H,1H3/t10-,11-/m1/s1. The summed E-state index contributed by atoms with van der Waals surface area (Å²) in [5, 5.41) is 9.23. The zero-order chi connectivity index (χ0) is 9.26. The number of hydrogen-bond donors (Lipinski definition) is 1. The van der Waals surface area contributed by atoms with Gasteiger partial charge in [0.1, 0.15) is 6.10 Å². The predicted molar refractivity (Wildman–Crippen MR) is 50.0 cm³/mol. The minimum Gasteiger partial charge on any atom is -0.365 e. The van der Waals surface area contributed by atoms with Crippen LogP contribution in [-0.4, -0.2) is 11.4 Å². The van der Waals surface area contributed by atoms with Crippen molar-refractivity contribution in [3.63, 3.8) is 0 Å². The molecule has 1 aliphatic heterocycles. The van der Waals surface area contributed by atoms with E-state index in [1.165, 1.54) is 0 Å². The van der Waals surface area contributed by atoms with Crippen molar-refractivity contribution < 1.29 is 9.84 Å². The van der Waals surface area contributed by atoms with Crippen molar-refractivity contribution in [2.24, 2.45) is 0 Å². The highest BCUT2D eigenvalue weighted by Crippen LogP contribution is 2.31. The van der Waals surface area contributed by atoms with E-state index in [-0.39, 0.29) is 6.10 Å². The van der Waals surface area contributed by atoms with E-state index in [9.17, 15) is 5.11 Å². The van der Waals surface area contributed by atoms with E-state index in [1.807, 2.05) is 37.3 Å². The van der Waals surface area contributed by atoms with Gasteiger partial charge in [-0.05, 0) is 24.1 Å². The lowest BCUT2D eigenvalue weighted by Gasteiger charge is -2.12. The highest BCUT2D eigenvalue weighted by molar-refractivity contribution is 5.27. The van der Waals surface area contributed by atoms with Gasteiger partial charge in [-0.2, -0.15) is 0 Å². The second kappa shape index (κ2) is 3.32. The Morgan fingerprint density at radius 2 is 1.92 bits per heavy atom. The normalized spacial score (nSPS) is 27.4. The molecule has 0 bridgehead atoms. The SMILES string of the molecule is CC1=C[C@H](O)O[C@H]1c1ccccc1. The van der Waals surface area contributed by atoms with E-state index < -0.39 is 6.29 Å². The van der Waals surface area contributed by atoms with Crippen molar-refractivity contribution in [2.45, 2.75) is 19.3 Å². The highest BCUT2D eigenvalue weighted by Gasteiger charge is 2.23. The maximum absolute atomic E-state index is 9.23. The Morgan fingerprint density at radius 3 is 2.46 bits per heavy atom. The summed E-state index contributed by atoms with van der Waals surface area (Å²) in [6.45, 7) is 1.97. The van der Waals surface area contributed by atoms with Crippen LogP contribution in [0.15, 0.2) is 42.0 Å². The Bertz CT molecular complexity index is 316. The maximum Gasteiger partial charge on any atom is 0.175 e. The van der Waals surface area contributed by atoms with Gasteiger partial charge >= 0.3 is 0 Å². The van der Waals surface area contributed by atoms with Crippen molar-refractivity contribution in [3.8, 4) is 0 Å². The first-order chi connectivity index (χ1) is 6.27. The number of benzene rings is 1. The summed E-state index contributed by atoms with van der Waals surface area (Å²) in [5.41, 5.74) is 2.16. The minimum atomic E-state index is -0.745. The number of rotatable bonds is 1. The molecule has 68 valence electrons. The molecule has 0 saturated heterocycles. The molecule has 0 amide bonds. The molecule has 1 aliphatic rings. The van der Waals surface area contributed by atoms with Crippen LogP contribution < -0.4 is 0 Å². The molecule has 0 aliphatic carbocycles. The van der Waals surface area contributed by atoms with Crippen LogP contribution in [-0.2, 0) is 4.74 Å². The summed E-state index contributed by atoms with van der Waals surface area (Å²) in [5.74, 6) is 0. The summed E-state index contributed by atoms with van der Waals surface area (Å²) in [4.78, 5) is 0. The van der Waals surface area contributed by atoms with Gasteiger partial charge in [-0.25, -0.2) is 0 Å². The zero-order valence-electron chi connectivity index (χ0n) is 7.47. The van der Waals surface area contributed by atoms with E-state index in [4.69, 9.17) is 4.74 Å². The molecule has 1 heterocycles. The van der Waals surface area contributed by atoms with Gasteiger partial charge in [0.25, 0.3) is 0 Å². The molecule has 1 aromatic rings. The van der Waals surface area contributed by atoms with Gasteiger partial charge in [0.05, 0.1) is 0 Å². The summed E-state index contributed by atoms with van der Waals surface area (Å²) in [7, 11) is 0. The quantitative estimate of drug-likeness (QED) is 0.663. The fourth-order valence-corrected chi connectivity index (χ4v) is 1.57. The summed E-state index contributed by atoms with van der Waals surface area (Å²) in [6.07, 6.45) is 0.916. The third kappa shape index (κ3) is 1.64. The van der Waals surface area contributed by atoms with Gasteiger partial charge in [0, 0.05) is 0 Å². The van der Waals surface area contributed by atoms with Gasteiger partial charge in [-0.15, -0.1) is 0 Å². The molecule has 0 saturated carbocycles. The Morgan fingerprint density at radius 1 is 1.23 bits per heavy atom. The van der Waals surface area contributed by atoms with Crippen molar-refractivity contribution in [2.75, 3.05) is 0 Å². The molecule has 1 N–H and O–H groups in total. The molecule has 2 atom stereocenters. The zero-order valence-corrected chi connectivity index (χ0v) is 7.47. The molecule has 0 spiro atoms. The first-order valence-corrected chi connectivity index (χ1v) is 4.34. The first-order valence-electron chi connectivity index (χ1n) is 4.34. The van der Waals surface area contributed by atoms with E-state index in [0.29, 0.717) is 0 Å².